The van der Waals surface area contributed by atoms with Crippen molar-refractivity contribution in [1.82, 2.24) is 19.7 Å². The van der Waals surface area contributed by atoms with Crippen molar-refractivity contribution in [3.63, 3.8) is 0 Å². The third-order valence-electron chi connectivity index (χ3n) is 3.63. The Labute approximate surface area is 119 Å². The van der Waals surface area contributed by atoms with Crippen molar-refractivity contribution in [2.75, 3.05) is 5.43 Å². The fourth-order valence-electron chi connectivity index (χ4n) is 2.16. The predicted octanol–water partition coefficient (Wildman–Crippen LogP) is 2.13. The SMILES string of the molecule is CCCc1nc(NN)c(C)c(-n2nc(C)c(C)c2C)n1. The summed E-state index contributed by atoms with van der Waals surface area (Å²) in [6.07, 6.45) is 1.81. The molecule has 0 bridgehead atoms. The number of hydrogen-bond acceptors (Lipinski definition) is 5. The van der Waals surface area contributed by atoms with Gasteiger partial charge < -0.3 is 5.43 Å². The highest BCUT2D eigenvalue weighted by Gasteiger charge is 2.16. The summed E-state index contributed by atoms with van der Waals surface area (Å²) in [5.74, 6) is 7.80. The largest absolute Gasteiger partial charge is 0.308 e. The van der Waals surface area contributed by atoms with Gasteiger partial charge in [0.2, 0.25) is 0 Å². The molecule has 0 aliphatic carbocycles. The second kappa shape index (κ2) is 5.58. The van der Waals surface area contributed by atoms with Crippen LogP contribution in [0.5, 0.6) is 0 Å². The third kappa shape index (κ3) is 2.38. The van der Waals surface area contributed by atoms with Crippen molar-refractivity contribution in [3.8, 4) is 5.82 Å². The first-order valence-corrected chi connectivity index (χ1v) is 6.86. The maximum atomic E-state index is 5.57. The van der Waals surface area contributed by atoms with Crippen LogP contribution in [0.15, 0.2) is 0 Å². The molecule has 20 heavy (non-hydrogen) atoms. The molecule has 2 heterocycles. The molecule has 108 valence electrons. The molecule has 0 aliphatic heterocycles. The highest BCUT2D eigenvalue weighted by atomic mass is 15.3. The Kier molecular flexibility index (Phi) is 4.04. The zero-order valence-electron chi connectivity index (χ0n) is 12.8. The van der Waals surface area contributed by atoms with E-state index >= 15 is 0 Å². The molecule has 0 fully saturated rings. The highest BCUT2D eigenvalue weighted by molar-refractivity contribution is 5.51. The number of aryl methyl sites for hydroxylation is 2. The summed E-state index contributed by atoms with van der Waals surface area (Å²) in [7, 11) is 0. The monoisotopic (exact) mass is 274 g/mol. The fourth-order valence-corrected chi connectivity index (χ4v) is 2.16. The van der Waals surface area contributed by atoms with Crippen LogP contribution in [0.1, 0.15) is 41.7 Å². The van der Waals surface area contributed by atoms with Gasteiger partial charge in [0.05, 0.1) is 5.69 Å². The molecule has 0 atom stereocenters. The van der Waals surface area contributed by atoms with Gasteiger partial charge in [0.25, 0.3) is 0 Å². The number of nitrogens with zero attached hydrogens (tertiary/aromatic N) is 4. The average Bonchev–Trinajstić information content (AvgIpc) is 2.68. The van der Waals surface area contributed by atoms with Gasteiger partial charge in [0.1, 0.15) is 11.6 Å². The number of hydrazine groups is 1. The van der Waals surface area contributed by atoms with Gasteiger partial charge in [0.15, 0.2) is 5.82 Å². The zero-order chi connectivity index (χ0) is 14.9. The Morgan fingerprint density at radius 3 is 2.30 bits per heavy atom. The molecule has 0 unspecified atom stereocenters. The lowest BCUT2D eigenvalue weighted by molar-refractivity contribution is 0.758. The van der Waals surface area contributed by atoms with E-state index in [1.54, 1.807) is 0 Å². The lowest BCUT2D eigenvalue weighted by Crippen LogP contribution is -2.16. The molecule has 2 aromatic heterocycles. The van der Waals surface area contributed by atoms with E-state index in [0.29, 0.717) is 5.82 Å². The van der Waals surface area contributed by atoms with E-state index < -0.39 is 0 Å². The quantitative estimate of drug-likeness (QED) is 0.659. The molecule has 0 saturated heterocycles. The van der Waals surface area contributed by atoms with E-state index in [0.717, 1.165) is 41.4 Å². The summed E-state index contributed by atoms with van der Waals surface area (Å²) >= 11 is 0. The number of aromatic nitrogens is 4. The number of nitrogens with two attached hydrogens (primary N) is 1. The molecule has 6 nitrogen and oxygen atoms in total. The van der Waals surface area contributed by atoms with E-state index in [1.807, 2.05) is 25.5 Å². The molecule has 0 amide bonds. The first kappa shape index (κ1) is 14.5. The van der Waals surface area contributed by atoms with Crippen LogP contribution in [0.25, 0.3) is 5.82 Å². The van der Waals surface area contributed by atoms with Crippen LogP contribution in [-0.4, -0.2) is 19.7 Å². The summed E-state index contributed by atoms with van der Waals surface area (Å²) in [6, 6.07) is 0. The van der Waals surface area contributed by atoms with Gasteiger partial charge in [-0.2, -0.15) is 5.10 Å². The molecular weight excluding hydrogens is 252 g/mol. The summed E-state index contributed by atoms with van der Waals surface area (Å²) in [4.78, 5) is 9.09. The van der Waals surface area contributed by atoms with Crippen LogP contribution < -0.4 is 11.3 Å². The van der Waals surface area contributed by atoms with Crippen molar-refractivity contribution in [2.24, 2.45) is 5.84 Å². The Hall–Kier alpha value is -1.95. The second-order valence-electron chi connectivity index (χ2n) is 5.04. The van der Waals surface area contributed by atoms with Crippen LogP contribution in [0.2, 0.25) is 0 Å². The van der Waals surface area contributed by atoms with E-state index in [9.17, 15) is 0 Å². The predicted molar refractivity (Wildman–Crippen MR) is 79.9 cm³/mol. The number of anilines is 1. The van der Waals surface area contributed by atoms with Crippen molar-refractivity contribution < 1.29 is 0 Å². The third-order valence-corrected chi connectivity index (χ3v) is 3.63. The van der Waals surface area contributed by atoms with Crippen molar-refractivity contribution in [1.29, 1.82) is 0 Å². The minimum atomic E-state index is 0.656. The number of nitrogens with one attached hydrogen (secondary N) is 1. The molecule has 0 saturated carbocycles. The van der Waals surface area contributed by atoms with Crippen molar-refractivity contribution in [3.05, 3.63) is 28.3 Å². The molecular formula is C14H22N6. The number of hydrogen-bond donors (Lipinski definition) is 2. The van der Waals surface area contributed by atoms with Gasteiger partial charge in [-0.05, 0) is 39.7 Å². The summed E-state index contributed by atoms with van der Waals surface area (Å²) < 4.78 is 1.88. The number of rotatable bonds is 4. The fraction of sp³-hybridized carbons (Fsp3) is 0.500. The van der Waals surface area contributed by atoms with E-state index in [4.69, 9.17) is 5.84 Å². The van der Waals surface area contributed by atoms with Gasteiger partial charge >= 0.3 is 0 Å². The normalized spacial score (nSPS) is 10.9. The molecule has 0 aliphatic rings. The molecule has 0 aromatic carbocycles. The topological polar surface area (TPSA) is 81.6 Å². The van der Waals surface area contributed by atoms with E-state index in [-0.39, 0.29) is 0 Å². The van der Waals surface area contributed by atoms with Crippen LogP contribution in [-0.2, 0) is 6.42 Å². The Balaban J connectivity index is 2.65. The van der Waals surface area contributed by atoms with Gasteiger partial charge in [0, 0.05) is 17.7 Å². The molecule has 0 spiro atoms. The van der Waals surface area contributed by atoms with Gasteiger partial charge in [-0.1, -0.05) is 6.92 Å². The molecule has 0 radical (unpaired) electrons. The first-order valence-electron chi connectivity index (χ1n) is 6.86. The minimum Gasteiger partial charge on any atom is -0.308 e. The van der Waals surface area contributed by atoms with Crippen LogP contribution in [0, 0.1) is 27.7 Å². The van der Waals surface area contributed by atoms with Crippen LogP contribution in [0.3, 0.4) is 0 Å². The average molecular weight is 274 g/mol. The van der Waals surface area contributed by atoms with Gasteiger partial charge in [-0.3, -0.25) is 0 Å². The molecule has 2 aromatic rings. The summed E-state index contributed by atoms with van der Waals surface area (Å²) in [6.45, 7) is 10.2. The van der Waals surface area contributed by atoms with Crippen molar-refractivity contribution in [2.45, 2.75) is 47.5 Å². The van der Waals surface area contributed by atoms with E-state index in [2.05, 4.69) is 34.3 Å². The van der Waals surface area contributed by atoms with Gasteiger partial charge in [-0.15, -0.1) is 0 Å². The maximum Gasteiger partial charge on any atom is 0.162 e. The smallest absolute Gasteiger partial charge is 0.162 e. The standard InChI is InChI=1S/C14H22N6/c1-6-7-12-16-13(18-15)9(3)14(17-12)20-11(5)8(2)10(4)19-20/h6-7,15H2,1-5H3,(H,16,17,18). The first-order chi connectivity index (χ1) is 9.49. The Morgan fingerprint density at radius 1 is 1.10 bits per heavy atom. The lowest BCUT2D eigenvalue weighted by Gasteiger charge is -2.13. The summed E-state index contributed by atoms with van der Waals surface area (Å²) in [5.41, 5.74) is 6.84. The van der Waals surface area contributed by atoms with Gasteiger partial charge in [-0.25, -0.2) is 20.5 Å². The zero-order valence-corrected chi connectivity index (χ0v) is 12.8. The minimum absolute atomic E-state index is 0.656. The Morgan fingerprint density at radius 2 is 1.80 bits per heavy atom. The number of nitrogen functional groups attached to an aromatic ring is 1. The molecule has 6 heteroatoms. The second-order valence-corrected chi connectivity index (χ2v) is 5.04. The lowest BCUT2D eigenvalue weighted by atomic mass is 10.2. The van der Waals surface area contributed by atoms with Crippen LogP contribution in [0.4, 0.5) is 5.82 Å². The highest BCUT2D eigenvalue weighted by Crippen LogP contribution is 2.22. The van der Waals surface area contributed by atoms with E-state index in [1.165, 1.54) is 5.56 Å². The van der Waals surface area contributed by atoms with Crippen LogP contribution >= 0.6 is 0 Å². The van der Waals surface area contributed by atoms with Crippen molar-refractivity contribution >= 4 is 5.82 Å². The molecule has 2 rings (SSSR count). The molecule has 3 N–H and O–H groups in total. The summed E-state index contributed by atoms with van der Waals surface area (Å²) in [5, 5.41) is 4.58. The Bertz CT molecular complexity index is 629. The maximum absolute atomic E-state index is 5.57.